The lowest BCUT2D eigenvalue weighted by Gasteiger charge is -2.12. The predicted octanol–water partition coefficient (Wildman–Crippen LogP) is 0.588. The first-order valence-corrected chi connectivity index (χ1v) is 10.5. The van der Waals surface area contributed by atoms with Crippen LogP contribution in [0.1, 0.15) is 5.76 Å². The zero-order valence-corrected chi connectivity index (χ0v) is 15.8. The molecule has 0 bridgehead atoms. The van der Waals surface area contributed by atoms with Crippen LogP contribution in [0.25, 0.3) is 0 Å². The Bertz CT molecular complexity index is 967. The summed E-state index contributed by atoms with van der Waals surface area (Å²) in [6.07, 6.45) is 1.43. The van der Waals surface area contributed by atoms with E-state index in [-0.39, 0.29) is 17.1 Å². The van der Waals surface area contributed by atoms with Gasteiger partial charge in [-0.15, -0.1) is 0 Å². The monoisotopic (exact) mass is 401 g/mol. The van der Waals surface area contributed by atoms with Crippen LogP contribution < -0.4 is 10.0 Å². The first kappa shape index (κ1) is 20.1. The van der Waals surface area contributed by atoms with Gasteiger partial charge in [0.15, 0.2) is 0 Å². The Morgan fingerprint density at radius 2 is 1.85 bits per heavy atom. The van der Waals surface area contributed by atoms with Crippen molar-refractivity contribution in [1.82, 2.24) is 9.03 Å². The molecule has 0 saturated heterocycles. The lowest BCUT2D eigenvalue weighted by Crippen LogP contribution is -2.32. The van der Waals surface area contributed by atoms with Gasteiger partial charge in [0.05, 0.1) is 17.7 Å². The van der Waals surface area contributed by atoms with Crippen molar-refractivity contribution >= 4 is 31.6 Å². The third-order valence-corrected chi connectivity index (χ3v) is 6.45. The van der Waals surface area contributed by atoms with E-state index in [1.165, 1.54) is 44.6 Å². The fourth-order valence-electron chi connectivity index (χ4n) is 1.90. The molecule has 0 spiro atoms. The number of hydrogen-bond donors (Lipinski definition) is 2. The molecule has 11 heteroatoms. The fraction of sp³-hybridized carbons (Fsp3) is 0.267. The third kappa shape index (κ3) is 5.39. The minimum Gasteiger partial charge on any atom is -0.468 e. The van der Waals surface area contributed by atoms with Crippen molar-refractivity contribution < 1.29 is 26.0 Å². The molecule has 0 aliphatic heterocycles. The third-order valence-electron chi connectivity index (χ3n) is 3.31. The molecule has 1 aromatic heterocycles. The Hall–Kier alpha value is -2.21. The minimum absolute atomic E-state index is 0.0208. The Labute approximate surface area is 152 Å². The zero-order chi connectivity index (χ0) is 19.4. The van der Waals surface area contributed by atoms with E-state index in [2.05, 4.69) is 10.0 Å². The highest BCUT2D eigenvalue weighted by Crippen LogP contribution is 2.16. The number of amides is 1. The normalized spacial score (nSPS) is 12.3. The summed E-state index contributed by atoms with van der Waals surface area (Å²) in [6.45, 7) is -0.0208. The molecular formula is C15H19N3O6S2. The van der Waals surface area contributed by atoms with Gasteiger partial charge in [0.25, 0.3) is 0 Å². The van der Waals surface area contributed by atoms with Gasteiger partial charge in [0.2, 0.25) is 26.0 Å². The molecule has 2 aromatic rings. The summed E-state index contributed by atoms with van der Waals surface area (Å²) in [5.41, 5.74) is 0.171. The molecule has 9 nitrogen and oxygen atoms in total. The van der Waals surface area contributed by atoms with Crippen molar-refractivity contribution in [3.8, 4) is 0 Å². The molecule has 1 heterocycles. The molecule has 0 fully saturated rings. The van der Waals surface area contributed by atoms with Crippen LogP contribution in [-0.2, 0) is 31.4 Å². The summed E-state index contributed by atoms with van der Waals surface area (Å²) in [4.78, 5) is 11.8. The quantitative estimate of drug-likeness (QED) is 0.667. The minimum atomic E-state index is -3.83. The van der Waals surface area contributed by atoms with Gasteiger partial charge in [-0.05, 0) is 30.3 Å². The molecular weight excluding hydrogens is 382 g/mol. The highest BCUT2D eigenvalue weighted by molar-refractivity contribution is 7.90. The molecule has 2 rings (SSSR count). The van der Waals surface area contributed by atoms with Crippen LogP contribution >= 0.6 is 0 Å². The lowest BCUT2D eigenvalue weighted by atomic mass is 10.3. The Kier molecular flexibility index (Phi) is 6.18. The Morgan fingerprint density at radius 1 is 1.12 bits per heavy atom. The fourth-order valence-corrected chi connectivity index (χ4v) is 3.60. The van der Waals surface area contributed by atoms with Crippen LogP contribution in [0.5, 0.6) is 0 Å². The van der Waals surface area contributed by atoms with Crippen molar-refractivity contribution in [3.63, 3.8) is 0 Å². The second-order valence-electron chi connectivity index (χ2n) is 5.52. The number of benzene rings is 1. The summed E-state index contributed by atoms with van der Waals surface area (Å²) < 4.78 is 56.4. The second kappa shape index (κ2) is 7.99. The summed E-state index contributed by atoms with van der Waals surface area (Å²) >= 11 is 0. The number of anilines is 1. The molecule has 0 unspecified atom stereocenters. The van der Waals surface area contributed by atoms with Crippen LogP contribution in [0, 0.1) is 0 Å². The van der Waals surface area contributed by atoms with E-state index < -0.39 is 31.7 Å². The summed E-state index contributed by atoms with van der Waals surface area (Å²) in [5.74, 6) is -1.06. The van der Waals surface area contributed by atoms with Gasteiger partial charge in [-0.3, -0.25) is 4.79 Å². The lowest BCUT2D eigenvalue weighted by molar-refractivity contribution is -0.113. The van der Waals surface area contributed by atoms with Crippen LogP contribution in [0.3, 0.4) is 0 Å². The molecule has 0 radical (unpaired) electrons. The zero-order valence-electron chi connectivity index (χ0n) is 14.2. The Balaban J connectivity index is 2.08. The standard InChI is InChI=1S/C15H19N3O6S2/c1-18(2)25(20,21)11-15(19)17-12-5-3-7-14(9-12)26(22,23)16-10-13-6-4-8-24-13/h3-9,16H,10-11H2,1-2H3,(H,17,19). The number of carbonyl (C=O) groups excluding carboxylic acids is 1. The number of sulfonamides is 2. The average Bonchev–Trinajstić information content (AvgIpc) is 3.06. The average molecular weight is 401 g/mol. The molecule has 26 heavy (non-hydrogen) atoms. The number of nitrogens with zero attached hydrogens (tertiary/aromatic N) is 1. The number of nitrogens with one attached hydrogen (secondary N) is 2. The van der Waals surface area contributed by atoms with Crippen LogP contribution in [0.2, 0.25) is 0 Å². The van der Waals surface area contributed by atoms with Gasteiger partial charge in [-0.1, -0.05) is 6.07 Å². The first-order valence-electron chi connectivity index (χ1n) is 7.42. The van der Waals surface area contributed by atoms with E-state index in [9.17, 15) is 21.6 Å². The summed E-state index contributed by atoms with van der Waals surface area (Å²) in [5, 5.41) is 2.38. The molecule has 1 amide bonds. The van der Waals surface area contributed by atoms with E-state index in [0.29, 0.717) is 5.76 Å². The maximum absolute atomic E-state index is 12.3. The van der Waals surface area contributed by atoms with Crippen LogP contribution in [-0.4, -0.2) is 46.9 Å². The van der Waals surface area contributed by atoms with Gasteiger partial charge < -0.3 is 9.73 Å². The number of rotatable bonds is 8. The highest BCUT2D eigenvalue weighted by atomic mass is 32.2. The van der Waals surface area contributed by atoms with Crippen LogP contribution in [0.15, 0.2) is 52.0 Å². The number of furan rings is 1. The predicted molar refractivity (Wildman–Crippen MR) is 95.3 cm³/mol. The van der Waals surface area contributed by atoms with Gasteiger partial charge >= 0.3 is 0 Å². The Morgan fingerprint density at radius 3 is 2.46 bits per heavy atom. The highest BCUT2D eigenvalue weighted by Gasteiger charge is 2.20. The van der Waals surface area contributed by atoms with Crippen molar-refractivity contribution in [3.05, 3.63) is 48.4 Å². The summed E-state index contributed by atoms with van der Waals surface area (Å²) in [7, 11) is -4.90. The van der Waals surface area contributed by atoms with Gasteiger partial charge in [0.1, 0.15) is 11.5 Å². The number of carbonyl (C=O) groups is 1. The van der Waals surface area contributed by atoms with E-state index in [4.69, 9.17) is 4.42 Å². The molecule has 1 aromatic carbocycles. The number of hydrogen-bond acceptors (Lipinski definition) is 6. The molecule has 0 atom stereocenters. The van der Waals surface area contributed by atoms with E-state index in [0.717, 1.165) is 4.31 Å². The largest absolute Gasteiger partial charge is 0.468 e. The first-order chi connectivity index (χ1) is 12.1. The van der Waals surface area contributed by atoms with Crippen molar-refractivity contribution in [2.45, 2.75) is 11.4 Å². The topological polar surface area (TPSA) is 126 Å². The van der Waals surface area contributed by atoms with E-state index in [1.807, 2.05) is 0 Å². The maximum atomic E-state index is 12.3. The molecule has 0 aliphatic carbocycles. The van der Waals surface area contributed by atoms with Gasteiger partial charge in [-0.2, -0.15) is 0 Å². The molecule has 0 saturated carbocycles. The van der Waals surface area contributed by atoms with Gasteiger partial charge in [-0.25, -0.2) is 25.9 Å². The van der Waals surface area contributed by atoms with Crippen molar-refractivity contribution in [2.75, 3.05) is 25.2 Å². The summed E-state index contributed by atoms with van der Waals surface area (Å²) in [6, 6.07) is 8.77. The SMILES string of the molecule is CN(C)S(=O)(=O)CC(=O)Nc1cccc(S(=O)(=O)NCc2ccco2)c1. The van der Waals surface area contributed by atoms with E-state index in [1.54, 1.807) is 12.1 Å². The van der Waals surface area contributed by atoms with Crippen LogP contribution in [0.4, 0.5) is 5.69 Å². The maximum Gasteiger partial charge on any atom is 0.241 e. The second-order valence-corrected chi connectivity index (χ2v) is 9.47. The molecule has 0 aliphatic rings. The smallest absolute Gasteiger partial charge is 0.241 e. The molecule has 2 N–H and O–H groups in total. The van der Waals surface area contributed by atoms with E-state index >= 15 is 0 Å². The van der Waals surface area contributed by atoms with Crippen molar-refractivity contribution in [1.29, 1.82) is 0 Å². The molecule has 142 valence electrons. The van der Waals surface area contributed by atoms with Crippen molar-refractivity contribution in [2.24, 2.45) is 0 Å². The van der Waals surface area contributed by atoms with Gasteiger partial charge in [0, 0.05) is 19.8 Å².